The van der Waals surface area contributed by atoms with Gasteiger partial charge in [0.25, 0.3) is 5.89 Å². The molecule has 0 saturated carbocycles. The highest BCUT2D eigenvalue weighted by Gasteiger charge is 2.17. The minimum absolute atomic E-state index is 0.112. The van der Waals surface area contributed by atoms with E-state index in [2.05, 4.69) is 20.3 Å². The summed E-state index contributed by atoms with van der Waals surface area (Å²) < 4.78 is 34.8. The van der Waals surface area contributed by atoms with Crippen LogP contribution in [0.15, 0.2) is 50.7 Å². The van der Waals surface area contributed by atoms with Crippen LogP contribution < -0.4 is 4.74 Å². The number of hydrogen-bond donors (Lipinski definition) is 0. The van der Waals surface area contributed by atoms with Gasteiger partial charge in [0.15, 0.2) is 6.61 Å². The molecule has 31 heavy (non-hydrogen) atoms. The Hall–Kier alpha value is -3.15. The smallest absolute Gasteiger partial charge is 0.257 e. The highest BCUT2D eigenvalue weighted by molar-refractivity contribution is 7.13. The maximum absolute atomic E-state index is 13.0. The summed E-state index contributed by atoms with van der Waals surface area (Å²) in [7, 11) is 1.64. The minimum Gasteiger partial charge on any atom is -0.485 e. The molecule has 0 N–H and O–H groups in total. The highest BCUT2D eigenvalue weighted by atomic mass is 32.1. The molecule has 0 bridgehead atoms. The number of ether oxygens (including phenoxy) is 2. The van der Waals surface area contributed by atoms with Crippen LogP contribution in [-0.4, -0.2) is 45.5 Å². The van der Waals surface area contributed by atoms with Crippen molar-refractivity contribution in [3.8, 4) is 16.5 Å². The van der Waals surface area contributed by atoms with Crippen LogP contribution in [0, 0.1) is 5.82 Å². The van der Waals surface area contributed by atoms with Gasteiger partial charge in [0.05, 0.1) is 24.6 Å². The molecule has 0 atom stereocenters. The van der Waals surface area contributed by atoms with E-state index in [-0.39, 0.29) is 12.4 Å². The number of methoxy groups -OCH3 is 1. The number of nitrogens with zero attached hydrogens (tertiary/aromatic N) is 5. The van der Waals surface area contributed by atoms with Crippen LogP contribution >= 0.6 is 11.3 Å². The van der Waals surface area contributed by atoms with E-state index in [1.54, 1.807) is 7.11 Å². The molecule has 11 heteroatoms. The van der Waals surface area contributed by atoms with Gasteiger partial charge in [-0.3, -0.25) is 4.90 Å². The van der Waals surface area contributed by atoms with Crippen molar-refractivity contribution in [1.82, 2.24) is 25.2 Å². The lowest BCUT2D eigenvalue weighted by atomic mass is 10.3. The fraction of sp³-hybridized carbons (Fsp3) is 0.300. The zero-order valence-corrected chi connectivity index (χ0v) is 17.5. The van der Waals surface area contributed by atoms with E-state index < -0.39 is 0 Å². The summed E-state index contributed by atoms with van der Waals surface area (Å²) in [6, 6.07) is 9.59. The Morgan fingerprint density at radius 1 is 1.10 bits per heavy atom. The van der Waals surface area contributed by atoms with Gasteiger partial charge in [-0.15, -0.1) is 21.5 Å². The van der Waals surface area contributed by atoms with Crippen LogP contribution in [0.2, 0.25) is 0 Å². The number of hydrogen-bond acceptors (Lipinski definition) is 10. The molecule has 1 aromatic carbocycles. The van der Waals surface area contributed by atoms with Gasteiger partial charge in [0.1, 0.15) is 11.6 Å². The van der Waals surface area contributed by atoms with E-state index in [0.29, 0.717) is 55.5 Å². The van der Waals surface area contributed by atoms with Gasteiger partial charge in [-0.1, -0.05) is 11.2 Å². The van der Waals surface area contributed by atoms with Crippen molar-refractivity contribution >= 4 is 11.3 Å². The monoisotopic (exact) mass is 445 g/mol. The third kappa shape index (κ3) is 5.94. The van der Waals surface area contributed by atoms with E-state index >= 15 is 0 Å². The van der Waals surface area contributed by atoms with Crippen LogP contribution in [0.1, 0.15) is 17.6 Å². The zero-order chi connectivity index (χ0) is 21.5. The Morgan fingerprint density at radius 2 is 1.94 bits per heavy atom. The quantitative estimate of drug-likeness (QED) is 0.343. The molecular weight excluding hydrogens is 425 g/mol. The molecule has 3 heterocycles. The predicted octanol–water partition coefficient (Wildman–Crippen LogP) is 3.55. The Kier molecular flexibility index (Phi) is 6.97. The molecular formula is C20H20FN5O4S. The van der Waals surface area contributed by atoms with Gasteiger partial charge in [-0.25, -0.2) is 4.39 Å². The molecule has 0 radical (unpaired) electrons. The molecule has 0 spiro atoms. The molecule has 0 amide bonds. The van der Waals surface area contributed by atoms with Gasteiger partial charge in [-0.2, -0.15) is 4.98 Å². The molecule has 0 saturated heterocycles. The van der Waals surface area contributed by atoms with Crippen molar-refractivity contribution in [2.75, 3.05) is 20.3 Å². The second kappa shape index (κ2) is 10.2. The first kappa shape index (κ1) is 21.1. The van der Waals surface area contributed by atoms with Gasteiger partial charge < -0.3 is 18.4 Å². The number of benzene rings is 1. The second-order valence-electron chi connectivity index (χ2n) is 6.53. The Labute approximate surface area is 181 Å². The summed E-state index contributed by atoms with van der Waals surface area (Å²) in [5, 5.41) is 14.1. The first-order chi connectivity index (χ1) is 15.2. The topological polar surface area (TPSA) is 99.5 Å². The van der Waals surface area contributed by atoms with Crippen molar-refractivity contribution in [2.24, 2.45) is 0 Å². The lowest BCUT2D eigenvalue weighted by molar-refractivity contribution is 0.125. The van der Waals surface area contributed by atoms with Crippen molar-refractivity contribution in [3.05, 3.63) is 65.2 Å². The van der Waals surface area contributed by atoms with Crippen LogP contribution in [-0.2, 0) is 24.4 Å². The standard InChI is InChI=1S/C20H20FN5O4S/c1-27-9-8-26(12-19-23-24-20(29-19)16-3-2-10-31-16)11-18-22-17(25-30-18)13-28-15-6-4-14(21)5-7-15/h2-7,10H,8-9,11-13H2,1H3. The zero-order valence-electron chi connectivity index (χ0n) is 16.7. The number of halogens is 1. The molecule has 0 fully saturated rings. The van der Waals surface area contributed by atoms with Crippen molar-refractivity contribution in [1.29, 1.82) is 0 Å². The first-order valence-corrected chi connectivity index (χ1v) is 10.3. The van der Waals surface area contributed by atoms with Gasteiger partial charge in [0, 0.05) is 13.7 Å². The van der Waals surface area contributed by atoms with Gasteiger partial charge >= 0.3 is 0 Å². The molecule has 4 rings (SSSR count). The molecule has 0 aliphatic carbocycles. The maximum atomic E-state index is 13.0. The third-order valence-electron chi connectivity index (χ3n) is 4.22. The second-order valence-corrected chi connectivity index (χ2v) is 7.48. The average molecular weight is 445 g/mol. The SMILES string of the molecule is COCCN(Cc1nc(COc2ccc(F)cc2)no1)Cc1nnc(-c2cccs2)o1. The minimum atomic E-state index is -0.325. The van der Waals surface area contributed by atoms with Crippen LogP contribution in [0.25, 0.3) is 10.8 Å². The van der Waals surface area contributed by atoms with E-state index in [1.807, 2.05) is 22.4 Å². The summed E-state index contributed by atoms with van der Waals surface area (Å²) in [6.07, 6.45) is 0. The van der Waals surface area contributed by atoms with E-state index in [1.165, 1.54) is 35.6 Å². The largest absolute Gasteiger partial charge is 0.485 e. The van der Waals surface area contributed by atoms with Crippen molar-refractivity contribution in [2.45, 2.75) is 19.7 Å². The summed E-state index contributed by atoms with van der Waals surface area (Å²) in [5.41, 5.74) is 0. The number of thiophene rings is 1. The molecule has 162 valence electrons. The van der Waals surface area contributed by atoms with Crippen molar-refractivity contribution in [3.63, 3.8) is 0 Å². The van der Waals surface area contributed by atoms with Gasteiger partial charge in [-0.05, 0) is 35.7 Å². The number of aromatic nitrogens is 4. The molecule has 3 aromatic heterocycles. The average Bonchev–Trinajstić information content (AvgIpc) is 3.53. The molecule has 0 aliphatic rings. The van der Waals surface area contributed by atoms with E-state index in [4.69, 9.17) is 18.4 Å². The molecule has 0 aliphatic heterocycles. The Balaban J connectivity index is 1.36. The molecule has 9 nitrogen and oxygen atoms in total. The van der Waals surface area contributed by atoms with Crippen LogP contribution in [0.4, 0.5) is 4.39 Å². The van der Waals surface area contributed by atoms with Gasteiger partial charge in [0.2, 0.25) is 17.6 Å². The normalized spacial score (nSPS) is 11.3. The van der Waals surface area contributed by atoms with Crippen LogP contribution in [0.5, 0.6) is 5.75 Å². The summed E-state index contributed by atoms with van der Waals surface area (Å²) in [5.74, 6) is 1.99. The highest BCUT2D eigenvalue weighted by Crippen LogP contribution is 2.23. The summed E-state index contributed by atoms with van der Waals surface area (Å²) in [6.45, 7) is 2.02. The lowest BCUT2D eigenvalue weighted by Crippen LogP contribution is -2.27. The third-order valence-corrected chi connectivity index (χ3v) is 5.08. The Bertz CT molecular complexity index is 1070. The number of rotatable bonds is 11. The maximum Gasteiger partial charge on any atom is 0.257 e. The lowest BCUT2D eigenvalue weighted by Gasteiger charge is -2.17. The van der Waals surface area contributed by atoms with E-state index in [0.717, 1.165) is 4.88 Å². The first-order valence-electron chi connectivity index (χ1n) is 9.47. The van der Waals surface area contributed by atoms with E-state index in [9.17, 15) is 4.39 Å². The molecule has 0 unspecified atom stereocenters. The Morgan fingerprint density at radius 3 is 2.71 bits per heavy atom. The van der Waals surface area contributed by atoms with Crippen LogP contribution in [0.3, 0.4) is 0 Å². The summed E-state index contributed by atoms with van der Waals surface area (Å²) >= 11 is 1.54. The molecule has 4 aromatic rings. The predicted molar refractivity (Wildman–Crippen MR) is 109 cm³/mol. The fourth-order valence-electron chi connectivity index (χ4n) is 2.73. The summed E-state index contributed by atoms with van der Waals surface area (Å²) in [4.78, 5) is 7.28. The fourth-order valence-corrected chi connectivity index (χ4v) is 3.37. The van der Waals surface area contributed by atoms with Crippen molar-refractivity contribution < 1.29 is 22.8 Å².